The first kappa shape index (κ1) is 15.1. The van der Waals surface area contributed by atoms with Crippen molar-refractivity contribution in [2.45, 2.75) is 33.7 Å². The Bertz CT molecular complexity index is 363. The minimum Gasteiger partial charge on any atom is -0.308 e. The van der Waals surface area contributed by atoms with Gasteiger partial charge in [0.1, 0.15) is 0 Å². The Hall–Kier alpha value is -0.860. The van der Waals surface area contributed by atoms with Crippen LogP contribution in [0.15, 0.2) is 18.2 Å². The van der Waals surface area contributed by atoms with Crippen molar-refractivity contribution in [3.8, 4) is 0 Å². The highest BCUT2D eigenvalue weighted by Crippen LogP contribution is 2.11. The Morgan fingerprint density at radius 1 is 1.31 bits per heavy atom. The molecule has 1 aromatic rings. The number of hydrogen-bond donors (Lipinski definition) is 1. The van der Waals surface area contributed by atoms with E-state index < -0.39 is 0 Å². The lowest BCUT2D eigenvalue weighted by Gasteiger charge is -2.12. The third-order valence-corrected chi connectivity index (χ3v) is 2.70. The molecule has 0 saturated carbocycles. The monoisotopic (exact) mass is 241 g/mol. The first-order chi connectivity index (χ1) is 7.06. The van der Waals surface area contributed by atoms with Gasteiger partial charge in [0, 0.05) is 5.56 Å². The highest BCUT2D eigenvalue weighted by molar-refractivity contribution is 6.00. The van der Waals surface area contributed by atoms with Crippen LogP contribution in [0.25, 0.3) is 0 Å². The molecule has 0 aromatic heterocycles. The predicted molar refractivity (Wildman–Crippen MR) is 70.6 cm³/mol. The van der Waals surface area contributed by atoms with Gasteiger partial charge >= 0.3 is 0 Å². The summed E-state index contributed by atoms with van der Waals surface area (Å²) >= 11 is 0. The van der Waals surface area contributed by atoms with Gasteiger partial charge < -0.3 is 5.32 Å². The van der Waals surface area contributed by atoms with Crippen molar-refractivity contribution in [2.24, 2.45) is 0 Å². The molecular formula is C13H20ClNO. The van der Waals surface area contributed by atoms with Crippen molar-refractivity contribution in [2.75, 3.05) is 6.54 Å². The van der Waals surface area contributed by atoms with Crippen LogP contribution >= 0.6 is 12.4 Å². The van der Waals surface area contributed by atoms with E-state index in [1.807, 2.05) is 39.0 Å². The Balaban J connectivity index is 0.00000225. The molecule has 0 aliphatic carbocycles. The number of Topliss-reactive ketones (excluding diaryl/α,β-unsaturated/α-hetero) is 1. The maximum Gasteiger partial charge on any atom is 0.179 e. The van der Waals surface area contributed by atoms with E-state index in [4.69, 9.17) is 0 Å². The normalized spacial score (nSPS) is 11.8. The van der Waals surface area contributed by atoms with Crippen LogP contribution in [0, 0.1) is 13.8 Å². The molecule has 1 unspecified atom stereocenters. The van der Waals surface area contributed by atoms with E-state index in [9.17, 15) is 4.79 Å². The molecule has 1 N–H and O–H groups in total. The number of likely N-dealkylation sites (N-methyl/N-ethyl adjacent to an activating group) is 1. The lowest BCUT2D eigenvalue weighted by atomic mass is 10.0. The van der Waals surface area contributed by atoms with Gasteiger partial charge in [-0.2, -0.15) is 0 Å². The summed E-state index contributed by atoms with van der Waals surface area (Å²) in [6.07, 6.45) is 0. The van der Waals surface area contributed by atoms with Crippen LogP contribution in [-0.4, -0.2) is 18.4 Å². The second kappa shape index (κ2) is 6.66. The molecule has 1 rings (SSSR count). The predicted octanol–water partition coefficient (Wildman–Crippen LogP) is 2.91. The lowest BCUT2D eigenvalue weighted by molar-refractivity contribution is 0.0952. The molecule has 1 atom stereocenters. The zero-order valence-corrected chi connectivity index (χ0v) is 11.1. The molecule has 90 valence electrons. The van der Waals surface area contributed by atoms with Crippen molar-refractivity contribution >= 4 is 18.2 Å². The van der Waals surface area contributed by atoms with Crippen molar-refractivity contribution < 1.29 is 4.79 Å². The van der Waals surface area contributed by atoms with E-state index in [0.717, 1.165) is 12.1 Å². The molecule has 16 heavy (non-hydrogen) atoms. The van der Waals surface area contributed by atoms with E-state index in [-0.39, 0.29) is 24.2 Å². The summed E-state index contributed by atoms with van der Waals surface area (Å²) in [6, 6.07) is 5.77. The second-order valence-electron chi connectivity index (χ2n) is 3.94. The summed E-state index contributed by atoms with van der Waals surface area (Å²) < 4.78 is 0. The Morgan fingerprint density at radius 3 is 2.44 bits per heavy atom. The van der Waals surface area contributed by atoms with Gasteiger partial charge in [-0.3, -0.25) is 4.79 Å². The van der Waals surface area contributed by atoms with Crippen LogP contribution in [0.4, 0.5) is 0 Å². The van der Waals surface area contributed by atoms with E-state index in [1.54, 1.807) is 0 Å². The molecule has 0 saturated heterocycles. The van der Waals surface area contributed by atoms with Gasteiger partial charge in [0.25, 0.3) is 0 Å². The molecule has 0 heterocycles. The number of carbonyl (C=O) groups is 1. The quantitative estimate of drug-likeness (QED) is 0.822. The molecule has 2 nitrogen and oxygen atoms in total. The number of ketones is 1. The van der Waals surface area contributed by atoms with Crippen LogP contribution in [-0.2, 0) is 0 Å². The van der Waals surface area contributed by atoms with E-state index in [0.29, 0.717) is 0 Å². The number of benzene rings is 1. The third kappa shape index (κ3) is 3.62. The first-order valence-electron chi connectivity index (χ1n) is 5.41. The molecule has 3 heteroatoms. The molecule has 1 aromatic carbocycles. The standard InChI is InChI=1S/C13H19NO.ClH/c1-5-14-11(4)13(15)12-7-6-9(2)10(3)8-12;/h6-8,11,14H,5H2,1-4H3;1H. The molecule has 0 spiro atoms. The molecule has 0 fully saturated rings. The van der Waals surface area contributed by atoms with Gasteiger partial charge in [0.2, 0.25) is 0 Å². The smallest absolute Gasteiger partial charge is 0.179 e. The molecule has 0 aliphatic rings. The fourth-order valence-electron chi connectivity index (χ4n) is 1.54. The van der Waals surface area contributed by atoms with Crippen LogP contribution in [0.2, 0.25) is 0 Å². The minimum atomic E-state index is -0.0999. The number of rotatable bonds is 4. The summed E-state index contributed by atoms with van der Waals surface area (Å²) in [5.74, 6) is 0.167. The molecule has 0 bridgehead atoms. The zero-order valence-electron chi connectivity index (χ0n) is 10.3. The van der Waals surface area contributed by atoms with Gasteiger partial charge in [-0.15, -0.1) is 12.4 Å². The average molecular weight is 242 g/mol. The summed E-state index contributed by atoms with van der Waals surface area (Å²) in [5.41, 5.74) is 3.19. The van der Waals surface area contributed by atoms with Crippen LogP contribution < -0.4 is 5.32 Å². The first-order valence-corrected chi connectivity index (χ1v) is 5.41. The Morgan fingerprint density at radius 2 is 1.94 bits per heavy atom. The van der Waals surface area contributed by atoms with Gasteiger partial charge in [0.15, 0.2) is 5.78 Å². The maximum atomic E-state index is 11.9. The van der Waals surface area contributed by atoms with Gasteiger partial charge in [-0.05, 0) is 44.5 Å². The summed E-state index contributed by atoms with van der Waals surface area (Å²) in [5, 5.41) is 3.13. The lowest BCUT2D eigenvalue weighted by Crippen LogP contribution is -2.33. The minimum absolute atomic E-state index is 0. The number of carbonyl (C=O) groups excluding carboxylic acids is 1. The number of nitrogens with one attached hydrogen (secondary N) is 1. The van der Waals surface area contributed by atoms with E-state index >= 15 is 0 Å². The van der Waals surface area contributed by atoms with Crippen LogP contribution in [0.5, 0.6) is 0 Å². The number of aryl methyl sites for hydroxylation is 2. The zero-order chi connectivity index (χ0) is 11.4. The number of hydrogen-bond acceptors (Lipinski definition) is 2. The van der Waals surface area contributed by atoms with Crippen molar-refractivity contribution in [1.82, 2.24) is 5.32 Å². The van der Waals surface area contributed by atoms with E-state index in [1.165, 1.54) is 11.1 Å². The molecule has 0 radical (unpaired) electrons. The number of halogens is 1. The van der Waals surface area contributed by atoms with E-state index in [2.05, 4.69) is 12.2 Å². The van der Waals surface area contributed by atoms with Crippen LogP contribution in [0.1, 0.15) is 35.3 Å². The fourth-order valence-corrected chi connectivity index (χ4v) is 1.54. The van der Waals surface area contributed by atoms with Crippen molar-refractivity contribution in [3.05, 3.63) is 34.9 Å². The van der Waals surface area contributed by atoms with Gasteiger partial charge in [-0.25, -0.2) is 0 Å². The topological polar surface area (TPSA) is 29.1 Å². The largest absolute Gasteiger partial charge is 0.308 e. The SMILES string of the molecule is CCNC(C)C(=O)c1ccc(C)c(C)c1.Cl. The fraction of sp³-hybridized carbons (Fsp3) is 0.462. The second-order valence-corrected chi connectivity index (χ2v) is 3.94. The molecule has 0 amide bonds. The summed E-state index contributed by atoms with van der Waals surface area (Å²) in [7, 11) is 0. The third-order valence-electron chi connectivity index (χ3n) is 2.70. The van der Waals surface area contributed by atoms with Gasteiger partial charge in [-0.1, -0.05) is 19.1 Å². The Labute approximate surface area is 104 Å². The summed E-state index contributed by atoms with van der Waals surface area (Å²) in [4.78, 5) is 11.9. The highest BCUT2D eigenvalue weighted by Gasteiger charge is 2.13. The molecule has 0 aliphatic heterocycles. The van der Waals surface area contributed by atoms with Gasteiger partial charge in [0.05, 0.1) is 6.04 Å². The van der Waals surface area contributed by atoms with Crippen molar-refractivity contribution in [3.63, 3.8) is 0 Å². The molecular weight excluding hydrogens is 222 g/mol. The maximum absolute atomic E-state index is 11.9. The Kier molecular flexibility index (Phi) is 6.31. The van der Waals surface area contributed by atoms with Crippen molar-refractivity contribution in [1.29, 1.82) is 0 Å². The highest BCUT2D eigenvalue weighted by atomic mass is 35.5. The van der Waals surface area contributed by atoms with Crippen LogP contribution in [0.3, 0.4) is 0 Å². The average Bonchev–Trinajstić information content (AvgIpc) is 2.21. The summed E-state index contributed by atoms with van der Waals surface area (Å²) in [6.45, 7) is 8.81.